The molecule has 2 N–H and O–H groups in total. The number of fused-ring (bicyclic) bond motifs is 1. The van der Waals surface area contributed by atoms with E-state index in [0.29, 0.717) is 28.5 Å². The molecule has 0 bridgehead atoms. The van der Waals surface area contributed by atoms with Crippen molar-refractivity contribution in [3.63, 3.8) is 0 Å². The maximum absolute atomic E-state index is 13.3. The molecule has 0 aliphatic carbocycles. The van der Waals surface area contributed by atoms with Gasteiger partial charge in [-0.25, -0.2) is 4.68 Å². The van der Waals surface area contributed by atoms with E-state index in [1.807, 2.05) is 31.2 Å². The summed E-state index contributed by atoms with van der Waals surface area (Å²) in [5.74, 6) is 0.222. The number of hydrogen-bond acceptors (Lipinski definition) is 5. The quantitative estimate of drug-likeness (QED) is 0.660. The molecule has 9 heteroatoms. The number of allylic oxidation sites excluding steroid dienone is 1. The summed E-state index contributed by atoms with van der Waals surface area (Å²) in [6, 6.07) is 13.0. The predicted octanol–water partition coefficient (Wildman–Crippen LogP) is 4.12. The Labute approximate surface area is 171 Å². The van der Waals surface area contributed by atoms with Gasteiger partial charge in [-0.2, -0.15) is 18.9 Å². The van der Waals surface area contributed by atoms with Crippen LogP contribution in [0.5, 0.6) is 5.75 Å². The molecule has 0 saturated heterocycles. The first kappa shape index (κ1) is 19.6. The number of anilines is 2. The van der Waals surface area contributed by atoms with Crippen molar-refractivity contribution in [1.82, 2.24) is 14.8 Å². The van der Waals surface area contributed by atoms with Crippen LogP contribution in [0.15, 0.2) is 66.1 Å². The van der Waals surface area contributed by atoms with E-state index in [9.17, 15) is 13.6 Å². The summed E-state index contributed by atoms with van der Waals surface area (Å²) in [5.41, 5.74) is 3.38. The fraction of sp³-hybridized carbons (Fsp3) is 0.190. The number of ether oxygens (including phenoxy) is 1. The molecular formula is C21H19F2N5O2. The summed E-state index contributed by atoms with van der Waals surface area (Å²) in [6.45, 7) is 0.783. The van der Waals surface area contributed by atoms with Crippen molar-refractivity contribution in [3.05, 3.63) is 77.3 Å². The molecule has 2 heterocycles. The number of nitrogens with zero attached hydrogens (tertiary/aromatic N) is 3. The maximum Gasteiger partial charge on any atom is 0.387 e. The zero-order chi connectivity index (χ0) is 21.3. The third kappa shape index (κ3) is 3.73. The molecule has 30 heavy (non-hydrogen) atoms. The first-order valence-electron chi connectivity index (χ1n) is 9.23. The third-order valence-electron chi connectivity index (χ3n) is 4.85. The summed E-state index contributed by atoms with van der Waals surface area (Å²) >= 11 is 0. The second kappa shape index (κ2) is 7.94. The van der Waals surface area contributed by atoms with Crippen molar-refractivity contribution in [1.29, 1.82) is 0 Å². The highest BCUT2D eigenvalue weighted by molar-refractivity contribution is 6.06. The Morgan fingerprint density at radius 3 is 2.60 bits per heavy atom. The maximum atomic E-state index is 13.3. The van der Waals surface area contributed by atoms with E-state index in [2.05, 4.69) is 25.5 Å². The van der Waals surface area contributed by atoms with E-state index < -0.39 is 12.7 Å². The average molecular weight is 411 g/mol. The lowest BCUT2D eigenvalue weighted by molar-refractivity contribution is -0.113. The Kier molecular flexibility index (Phi) is 5.18. The lowest BCUT2D eigenvalue weighted by Gasteiger charge is -2.29. The van der Waals surface area contributed by atoms with E-state index in [1.54, 1.807) is 23.7 Å². The van der Waals surface area contributed by atoms with Gasteiger partial charge >= 0.3 is 6.61 Å². The summed E-state index contributed by atoms with van der Waals surface area (Å²) in [4.78, 5) is 17.4. The van der Waals surface area contributed by atoms with Gasteiger partial charge < -0.3 is 15.4 Å². The highest BCUT2D eigenvalue weighted by Crippen LogP contribution is 2.36. The number of aromatic nitrogens is 3. The number of aryl methyl sites for hydroxylation is 1. The van der Waals surface area contributed by atoms with Crippen LogP contribution in [0.25, 0.3) is 0 Å². The molecule has 1 amide bonds. The SMILES string of the molecule is CC1=C(C(=O)Nc2ccccc2C)[C@@H](c2ccc(OC(F)F)cc2)n2ncnc2N1. The van der Waals surface area contributed by atoms with Crippen LogP contribution < -0.4 is 15.4 Å². The van der Waals surface area contributed by atoms with Gasteiger partial charge in [0.25, 0.3) is 5.91 Å². The minimum absolute atomic E-state index is 0.0353. The van der Waals surface area contributed by atoms with Crippen molar-refractivity contribution < 1.29 is 18.3 Å². The van der Waals surface area contributed by atoms with E-state index in [1.165, 1.54) is 18.5 Å². The lowest BCUT2D eigenvalue weighted by Crippen LogP contribution is -2.31. The van der Waals surface area contributed by atoms with Gasteiger partial charge in [0.15, 0.2) is 0 Å². The Balaban J connectivity index is 1.72. The molecule has 154 valence electrons. The van der Waals surface area contributed by atoms with Gasteiger partial charge in [-0.3, -0.25) is 4.79 Å². The number of benzene rings is 2. The van der Waals surface area contributed by atoms with Crippen LogP contribution in [0, 0.1) is 6.92 Å². The number of hydrogen-bond donors (Lipinski definition) is 2. The van der Waals surface area contributed by atoms with Crippen LogP contribution in [-0.2, 0) is 4.79 Å². The van der Waals surface area contributed by atoms with E-state index in [4.69, 9.17) is 0 Å². The molecule has 3 aromatic rings. The smallest absolute Gasteiger partial charge is 0.387 e. The second-order valence-corrected chi connectivity index (χ2v) is 6.81. The number of nitrogens with one attached hydrogen (secondary N) is 2. The predicted molar refractivity (Wildman–Crippen MR) is 107 cm³/mol. The zero-order valence-electron chi connectivity index (χ0n) is 16.3. The molecule has 0 unspecified atom stereocenters. The van der Waals surface area contributed by atoms with Gasteiger partial charge in [0.1, 0.15) is 18.1 Å². The molecule has 0 spiro atoms. The Bertz CT molecular complexity index is 1110. The summed E-state index contributed by atoms with van der Waals surface area (Å²) in [6.07, 6.45) is 1.39. The van der Waals surface area contributed by atoms with E-state index in [0.717, 1.165) is 5.56 Å². The molecular weight excluding hydrogens is 392 g/mol. The molecule has 1 aliphatic heterocycles. The normalized spacial score (nSPS) is 15.6. The fourth-order valence-electron chi connectivity index (χ4n) is 3.43. The Morgan fingerprint density at radius 1 is 1.17 bits per heavy atom. The highest BCUT2D eigenvalue weighted by Gasteiger charge is 2.33. The highest BCUT2D eigenvalue weighted by atomic mass is 19.3. The van der Waals surface area contributed by atoms with E-state index in [-0.39, 0.29) is 11.7 Å². The minimum atomic E-state index is -2.91. The number of para-hydroxylation sites is 1. The zero-order valence-corrected chi connectivity index (χ0v) is 16.3. The topological polar surface area (TPSA) is 81.1 Å². The first-order valence-corrected chi connectivity index (χ1v) is 9.23. The number of alkyl halides is 2. The van der Waals surface area contributed by atoms with E-state index >= 15 is 0 Å². The number of rotatable bonds is 5. The van der Waals surface area contributed by atoms with Crippen molar-refractivity contribution in [2.24, 2.45) is 0 Å². The standard InChI is InChI=1S/C21H19F2N5O2/c1-12-5-3-4-6-16(12)27-19(29)17-13(2)26-21-24-11-25-28(21)18(17)14-7-9-15(10-8-14)30-20(22)23/h3-11,18,20H,1-2H3,(H,27,29)(H,24,25,26)/t18-/m1/s1. The third-order valence-corrected chi connectivity index (χ3v) is 4.85. The van der Waals surface area contributed by atoms with Gasteiger partial charge in [0.05, 0.1) is 5.57 Å². The number of amides is 1. The second-order valence-electron chi connectivity index (χ2n) is 6.81. The summed E-state index contributed by atoms with van der Waals surface area (Å²) in [7, 11) is 0. The largest absolute Gasteiger partial charge is 0.435 e. The van der Waals surface area contributed by atoms with Crippen LogP contribution in [-0.4, -0.2) is 27.3 Å². The molecule has 1 aromatic heterocycles. The monoisotopic (exact) mass is 411 g/mol. The number of halogens is 2. The van der Waals surface area contributed by atoms with Crippen molar-refractivity contribution in [2.45, 2.75) is 26.5 Å². The molecule has 2 aromatic carbocycles. The Hall–Kier alpha value is -3.75. The molecule has 4 rings (SSSR count). The summed E-state index contributed by atoms with van der Waals surface area (Å²) in [5, 5.41) is 10.3. The van der Waals surface area contributed by atoms with Crippen molar-refractivity contribution in [2.75, 3.05) is 10.6 Å². The fourth-order valence-corrected chi connectivity index (χ4v) is 3.43. The van der Waals surface area contributed by atoms with Crippen LogP contribution in [0.1, 0.15) is 24.1 Å². The van der Waals surface area contributed by atoms with Crippen LogP contribution in [0.4, 0.5) is 20.4 Å². The van der Waals surface area contributed by atoms with Crippen LogP contribution >= 0.6 is 0 Å². The van der Waals surface area contributed by atoms with Gasteiger partial charge in [-0.05, 0) is 43.2 Å². The van der Waals surface area contributed by atoms with Crippen molar-refractivity contribution in [3.8, 4) is 5.75 Å². The van der Waals surface area contributed by atoms with Gasteiger partial charge in [0.2, 0.25) is 5.95 Å². The van der Waals surface area contributed by atoms with Crippen LogP contribution in [0.3, 0.4) is 0 Å². The van der Waals surface area contributed by atoms with Crippen LogP contribution in [0.2, 0.25) is 0 Å². The molecule has 0 fully saturated rings. The van der Waals surface area contributed by atoms with Crippen molar-refractivity contribution >= 4 is 17.5 Å². The minimum Gasteiger partial charge on any atom is -0.435 e. The molecule has 7 nitrogen and oxygen atoms in total. The molecule has 1 atom stereocenters. The number of carbonyl (C=O) groups is 1. The molecule has 0 saturated carbocycles. The lowest BCUT2D eigenvalue weighted by atomic mass is 9.95. The molecule has 0 radical (unpaired) electrons. The van der Waals surface area contributed by atoms with Gasteiger partial charge in [-0.1, -0.05) is 30.3 Å². The summed E-state index contributed by atoms with van der Waals surface area (Å²) < 4.78 is 31.0. The Morgan fingerprint density at radius 2 is 1.90 bits per heavy atom. The average Bonchev–Trinajstić information content (AvgIpc) is 3.17. The van der Waals surface area contributed by atoms with Gasteiger partial charge in [0, 0.05) is 11.4 Å². The van der Waals surface area contributed by atoms with Gasteiger partial charge in [-0.15, -0.1) is 0 Å². The first-order chi connectivity index (χ1) is 14.4. The number of carbonyl (C=O) groups excluding carboxylic acids is 1. The molecule has 1 aliphatic rings.